The number of hydrogen-bond acceptors (Lipinski definition) is 4. The minimum atomic E-state index is 0.467. The monoisotopic (exact) mass is 219 g/mol. The molecule has 0 fully saturated rings. The maximum absolute atomic E-state index is 5.35. The summed E-state index contributed by atoms with van der Waals surface area (Å²) in [5.41, 5.74) is 0. The number of hydrogen-bond donors (Lipinski definition) is 1. The third-order valence-corrected chi connectivity index (χ3v) is 2.19. The maximum atomic E-state index is 5.35. The molecule has 0 saturated carbocycles. The normalized spacial score (nSPS) is 13.0. The summed E-state index contributed by atoms with van der Waals surface area (Å²) in [6, 6.07) is 0.467. The van der Waals surface area contributed by atoms with E-state index in [4.69, 9.17) is 14.2 Å². The second-order valence-electron chi connectivity index (χ2n) is 3.47. The molecule has 0 heterocycles. The van der Waals surface area contributed by atoms with E-state index in [0.29, 0.717) is 19.3 Å². The summed E-state index contributed by atoms with van der Waals surface area (Å²) in [5.74, 6) is 0. The van der Waals surface area contributed by atoms with Crippen LogP contribution in [-0.2, 0) is 14.2 Å². The van der Waals surface area contributed by atoms with Gasteiger partial charge in [0.2, 0.25) is 0 Å². The van der Waals surface area contributed by atoms with Gasteiger partial charge in [0, 0.05) is 26.9 Å². The van der Waals surface area contributed by atoms with Crippen molar-refractivity contribution in [3.05, 3.63) is 0 Å². The van der Waals surface area contributed by atoms with Crippen molar-refractivity contribution < 1.29 is 14.2 Å². The summed E-state index contributed by atoms with van der Waals surface area (Å²) in [7, 11) is 3.42. The smallest absolute Gasteiger partial charge is 0.0700 e. The fourth-order valence-electron chi connectivity index (χ4n) is 1.25. The van der Waals surface area contributed by atoms with Crippen LogP contribution < -0.4 is 5.32 Å². The Bertz CT molecular complexity index is 122. The van der Waals surface area contributed by atoms with Crippen LogP contribution in [0.4, 0.5) is 0 Å². The lowest BCUT2D eigenvalue weighted by atomic mass is 10.2. The van der Waals surface area contributed by atoms with E-state index < -0.39 is 0 Å². The first-order valence-electron chi connectivity index (χ1n) is 5.64. The number of nitrogens with one attached hydrogen (secondary N) is 1. The van der Waals surface area contributed by atoms with Crippen molar-refractivity contribution in [1.29, 1.82) is 0 Å². The molecule has 0 aliphatic carbocycles. The Hall–Kier alpha value is -0.160. The Morgan fingerprint density at radius 3 is 2.47 bits per heavy atom. The van der Waals surface area contributed by atoms with Crippen LogP contribution in [0.1, 0.15) is 19.8 Å². The Morgan fingerprint density at radius 2 is 1.87 bits per heavy atom. The van der Waals surface area contributed by atoms with E-state index in [1.54, 1.807) is 14.2 Å². The average molecular weight is 219 g/mol. The maximum Gasteiger partial charge on any atom is 0.0700 e. The van der Waals surface area contributed by atoms with E-state index in [9.17, 15) is 0 Å². The largest absolute Gasteiger partial charge is 0.383 e. The molecular weight excluding hydrogens is 194 g/mol. The fraction of sp³-hybridized carbons (Fsp3) is 1.00. The Labute approximate surface area is 93.3 Å². The predicted octanol–water partition coefficient (Wildman–Crippen LogP) is 1.05. The van der Waals surface area contributed by atoms with Gasteiger partial charge in [-0.1, -0.05) is 6.92 Å². The highest BCUT2D eigenvalue weighted by molar-refractivity contribution is 4.62. The summed E-state index contributed by atoms with van der Waals surface area (Å²) in [6.45, 7) is 6.07. The van der Waals surface area contributed by atoms with Crippen LogP contribution in [0.2, 0.25) is 0 Å². The molecule has 0 aliphatic rings. The lowest BCUT2D eigenvalue weighted by Gasteiger charge is -2.15. The van der Waals surface area contributed by atoms with E-state index in [-0.39, 0.29) is 0 Å². The van der Waals surface area contributed by atoms with Crippen molar-refractivity contribution in [3.63, 3.8) is 0 Å². The van der Waals surface area contributed by atoms with E-state index in [0.717, 1.165) is 32.6 Å². The van der Waals surface area contributed by atoms with Crippen LogP contribution in [0.3, 0.4) is 0 Å². The first-order valence-corrected chi connectivity index (χ1v) is 5.64. The molecule has 0 aromatic carbocycles. The van der Waals surface area contributed by atoms with Gasteiger partial charge in [0.1, 0.15) is 0 Å². The molecule has 1 N–H and O–H groups in total. The van der Waals surface area contributed by atoms with Gasteiger partial charge in [0.25, 0.3) is 0 Å². The summed E-state index contributed by atoms with van der Waals surface area (Å²) in [4.78, 5) is 0. The van der Waals surface area contributed by atoms with Crippen molar-refractivity contribution in [1.82, 2.24) is 5.32 Å². The number of ether oxygens (including phenoxy) is 3. The third-order valence-electron chi connectivity index (χ3n) is 2.19. The molecule has 0 spiro atoms. The fourth-order valence-corrected chi connectivity index (χ4v) is 1.25. The Morgan fingerprint density at radius 1 is 1.07 bits per heavy atom. The third kappa shape index (κ3) is 10.1. The van der Waals surface area contributed by atoms with Crippen LogP contribution in [0.25, 0.3) is 0 Å². The van der Waals surface area contributed by atoms with E-state index in [2.05, 4.69) is 12.2 Å². The lowest BCUT2D eigenvalue weighted by molar-refractivity contribution is 0.0687. The van der Waals surface area contributed by atoms with Crippen LogP contribution >= 0.6 is 0 Å². The Balaban J connectivity index is 3.14. The van der Waals surface area contributed by atoms with Gasteiger partial charge in [-0.3, -0.25) is 0 Å². The molecule has 92 valence electrons. The Kier molecular flexibility index (Phi) is 11.8. The first kappa shape index (κ1) is 14.8. The average Bonchev–Trinajstić information content (AvgIpc) is 2.26. The molecule has 0 radical (unpaired) electrons. The molecule has 0 aliphatic heterocycles. The molecule has 0 bridgehead atoms. The summed E-state index contributed by atoms with van der Waals surface area (Å²) in [5, 5.41) is 3.42. The lowest BCUT2D eigenvalue weighted by Crippen LogP contribution is -2.33. The SMILES string of the molecule is CCC(COC)NCCCOCCOC. The van der Waals surface area contributed by atoms with Crippen molar-refractivity contribution >= 4 is 0 Å². The van der Waals surface area contributed by atoms with Crippen molar-refractivity contribution in [2.45, 2.75) is 25.8 Å². The molecular formula is C11H25NO3. The van der Waals surface area contributed by atoms with E-state index >= 15 is 0 Å². The van der Waals surface area contributed by atoms with Crippen molar-refractivity contribution in [3.8, 4) is 0 Å². The van der Waals surface area contributed by atoms with E-state index in [1.165, 1.54) is 0 Å². The highest BCUT2D eigenvalue weighted by atomic mass is 16.5. The zero-order valence-corrected chi connectivity index (χ0v) is 10.3. The van der Waals surface area contributed by atoms with Crippen LogP contribution in [-0.4, -0.2) is 53.2 Å². The molecule has 0 rings (SSSR count). The topological polar surface area (TPSA) is 39.7 Å². The summed E-state index contributed by atoms with van der Waals surface area (Å²) < 4.78 is 15.3. The molecule has 0 amide bonds. The zero-order valence-electron chi connectivity index (χ0n) is 10.3. The zero-order chi connectivity index (χ0) is 11.4. The minimum Gasteiger partial charge on any atom is -0.383 e. The van der Waals surface area contributed by atoms with E-state index in [1.807, 2.05) is 0 Å². The van der Waals surface area contributed by atoms with Gasteiger partial charge in [-0.2, -0.15) is 0 Å². The van der Waals surface area contributed by atoms with Crippen LogP contribution in [0.15, 0.2) is 0 Å². The van der Waals surface area contributed by atoms with Gasteiger partial charge in [0.15, 0.2) is 0 Å². The van der Waals surface area contributed by atoms with Gasteiger partial charge < -0.3 is 19.5 Å². The minimum absolute atomic E-state index is 0.467. The van der Waals surface area contributed by atoms with Crippen LogP contribution in [0.5, 0.6) is 0 Å². The van der Waals surface area contributed by atoms with Gasteiger partial charge in [-0.25, -0.2) is 0 Å². The van der Waals surface area contributed by atoms with Gasteiger partial charge in [0.05, 0.1) is 19.8 Å². The second-order valence-corrected chi connectivity index (χ2v) is 3.47. The molecule has 1 atom stereocenters. The van der Waals surface area contributed by atoms with Crippen molar-refractivity contribution in [2.75, 3.05) is 47.2 Å². The highest BCUT2D eigenvalue weighted by Crippen LogP contribution is 1.91. The standard InChI is InChI=1S/C11H25NO3/c1-4-11(10-14-3)12-6-5-7-15-9-8-13-2/h11-12H,4-10H2,1-3H3. The molecule has 0 saturated heterocycles. The van der Waals surface area contributed by atoms with Crippen LogP contribution in [0, 0.1) is 0 Å². The number of rotatable bonds is 11. The predicted molar refractivity (Wildman–Crippen MR) is 61.3 cm³/mol. The molecule has 4 nitrogen and oxygen atoms in total. The van der Waals surface area contributed by atoms with Gasteiger partial charge in [-0.05, 0) is 19.4 Å². The summed E-state index contributed by atoms with van der Waals surface area (Å²) in [6.07, 6.45) is 2.13. The number of methoxy groups -OCH3 is 2. The molecule has 4 heteroatoms. The molecule has 0 aromatic rings. The van der Waals surface area contributed by atoms with Gasteiger partial charge >= 0.3 is 0 Å². The second kappa shape index (κ2) is 11.9. The molecule has 1 unspecified atom stereocenters. The molecule has 0 aromatic heterocycles. The highest BCUT2D eigenvalue weighted by Gasteiger charge is 2.03. The summed E-state index contributed by atoms with van der Waals surface area (Å²) >= 11 is 0. The first-order chi connectivity index (χ1) is 7.35. The van der Waals surface area contributed by atoms with Gasteiger partial charge in [-0.15, -0.1) is 0 Å². The quantitative estimate of drug-likeness (QED) is 0.527. The molecule has 15 heavy (non-hydrogen) atoms. The van der Waals surface area contributed by atoms with Crippen molar-refractivity contribution in [2.24, 2.45) is 0 Å².